The van der Waals surface area contributed by atoms with Gasteiger partial charge in [-0.2, -0.15) is 0 Å². The van der Waals surface area contributed by atoms with Crippen LogP contribution in [0.2, 0.25) is 0 Å². The Kier molecular flexibility index (Phi) is 3.16. The van der Waals surface area contributed by atoms with Gasteiger partial charge in [-0.05, 0) is 25.1 Å². The molecule has 0 radical (unpaired) electrons. The van der Waals surface area contributed by atoms with E-state index in [2.05, 4.69) is 34.1 Å². The maximum absolute atomic E-state index is 5.97. The lowest BCUT2D eigenvalue weighted by molar-refractivity contribution is 0.437. The second kappa shape index (κ2) is 4.83. The second-order valence-electron chi connectivity index (χ2n) is 4.16. The maximum atomic E-state index is 5.97. The molecule has 0 bridgehead atoms. The van der Waals surface area contributed by atoms with Crippen LogP contribution < -0.4 is 5.73 Å². The summed E-state index contributed by atoms with van der Waals surface area (Å²) in [7, 11) is 0. The Morgan fingerprint density at radius 1 is 1.21 bits per heavy atom. The zero-order valence-electron chi connectivity index (χ0n) is 10.2. The molecule has 5 heteroatoms. The van der Waals surface area contributed by atoms with Crippen LogP contribution in [0.3, 0.4) is 0 Å². The predicted octanol–water partition coefficient (Wildman–Crippen LogP) is 4.72. The molecule has 3 rings (SSSR count). The van der Waals surface area contributed by atoms with Gasteiger partial charge in [0.1, 0.15) is 0 Å². The van der Waals surface area contributed by atoms with E-state index < -0.39 is 0 Å². The molecule has 0 aliphatic rings. The molecule has 0 saturated carbocycles. The molecule has 0 aliphatic heterocycles. The van der Waals surface area contributed by atoms with E-state index in [1.165, 1.54) is 4.88 Å². The first-order valence-corrected chi connectivity index (χ1v) is 7.34. The number of rotatable bonds is 2. The maximum Gasteiger partial charge on any atom is 0.186 e. The Morgan fingerprint density at radius 2 is 2.00 bits per heavy atom. The molecular weight excluding hydrogens is 324 g/mol. The largest absolute Gasteiger partial charge is 0.380 e. The van der Waals surface area contributed by atoms with Crippen molar-refractivity contribution in [2.24, 2.45) is 0 Å². The minimum absolute atomic E-state index is 0.410. The van der Waals surface area contributed by atoms with Crippen molar-refractivity contribution in [3.8, 4) is 21.8 Å². The molecule has 0 atom stereocenters. The second-order valence-corrected chi connectivity index (χ2v) is 6.30. The van der Waals surface area contributed by atoms with Crippen LogP contribution in [-0.2, 0) is 0 Å². The van der Waals surface area contributed by atoms with Crippen LogP contribution in [0, 0.1) is 6.92 Å². The van der Waals surface area contributed by atoms with Crippen molar-refractivity contribution in [1.82, 2.24) is 5.16 Å². The van der Waals surface area contributed by atoms with Gasteiger partial charge >= 0.3 is 0 Å². The Bertz CT molecular complexity index is 733. The SMILES string of the molecule is Cc1ccc(-c2onc(N)c2-c2ccccc2Br)s1. The first kappa shape index (κ1) is 12.4. The van der Waals surface area contributed by atoms with Gasteiger partial charge in [0.15, 0.2) is 11.6 Å². The van der Waals surface area contributed by atoms with Crippen LogP contribution in [0.15, 0.2) is 45.4 Å². The minimum atomic E-state index is 0.410. The fourth-order valence-electron chi connectivity index (χ4n) is 1.95. The molecule has 3 aromatic rings. The van der Waals surface area contributed by atoms with E-state index in [1.807, 2.05) is 30.3 Å². The quantitative estimate of drug-likeness (QED) is 0.737. The number of halogens is 1. The molecule has 0 amide bonds. The summed E-state index contributed by atoms with van der Waals surface area (Å²) in [5, 5.41) is 3.91. The highest BCUT2D eigenvalue weighted by atomic mass is 79.9. The summed E-state index contributed by atoms with van der Waals surface area (Å²) in [5.74, 6) is 1.13. The fraction of sp³-hybridized carbons (Fsp3) is 0.0714. The van der Waals surface area contributed by atoms with E-state index in [0.29, 0.717) is 5.82 Å². The van der Waals surface area contributed by atoms with Gasteiger partial charge in [-0.3, -0.25) is 0 Å². The number of aryl methyl sites for hydroxylation is 1. The van der Waals surface area contributed by atoms with E-state index >= 15 is 0 Å². The lowest BCUT2D eigenvalue weighted by Gasteiger charge is -2.03. The monoisotopic (exact) mass is 334 g/mol. The number of nitrogen functional groups attached to an aromatic ring is 1. The van der Waals surface area contributed by atoms with Crippen LogP contribution >= 0.6 is 27.3 Å². The zero-order valence-corrected chi connectivity index (χ0v) is 12.6. The highest BCUT2D eigenvalue weighted by Gasteiger charge is 2.20. The Hall–Kier alpha value is -1.59. The van der Waals surface area contributed by atoms with Crippen molar-refractivity contribution in [2.75, 3.05) is 5.73 Å². The highest BCUT2D eigenvalue weighted by molar-refractivity contribution is 9.10. The Balaban J connectivity index is 2.22. The molecule has 0 saturated heterocycles. The molecular formula is C14H11BrN2OS. The number of hydrogen-bond acceptors (Lipinski definition) is 4. The van der Waals surface area contributed by atoms with Crippen molar-refractivity contribution in [2.45, 2.75) is 6.92 Å². The molecule has 19 heavy (non-hydrogen) atoms. The third kappa shape index (κ3) is 2.19. The molecule has 0 aliphatic carbocycles. The van der Waals surface area contributed by atoms with Crippen molar-refractivity contribution >= 4 is 33.1 Å². The highest BCUT2D eigenvalue weighted by Crippen LogP contribution is 2.41. The van der Waals surface area contributed by atoms with Gasteiger partial charge in [-0.1, -0.05) is 39.3 Å². The van der Waals surface area contributed by atoms with Gasteiger partial charge in [-0.25, -0.2) is 0 Å². The number of thiophene rings is 1. The van der Waals surface area contributed by atoms with Gasteiger partial charge in [0.05, 0.1) is 10.4 Å². The summed E-state index contributed by atoms with van der Waals surface area (Å²) >= 11 is 5.21. The summed E-state index contributed by atoms with van der Waals surface area (Å²) in [5.41, 5.74) is 7.80. The van der Waals surface area contributed by atoms with Gasteiger partial charge in [0, 0.05) is 14.9 Å². The molecule has 2 heterocycles. The summed E-state index contributed by atoms with van der Waals surface area (Å²) in [6.45, 7) is 2.06. The van der Waals surface area contributed by atoms with Crippen LogP contribution in [0.25, 0.3) is 21.8 Å². The van der Waals surface area contributed by atoms with E-state index in [1.54, 1.807) is 11.3 Å². The summed E-state index contributed by atoms with van der Waals surface area (Å²) in [6, 6.07) is 12.0. The first-order chi connectivity index (χ1) is 9.16. The van der Waals surface area contributed by atoms with Crippen LogP contribution in [0.4, 0.5) is 5.82 Å². The van der Waals surface area contributed by atoms with Crippen molar-refractivity contribution in [3.05, 3.63) is 45.7 Å². The van der Waals surface area contributed by atoms with Crippen LogP contribution in [-0.4, -0.2) is 5.16 Å². The number of aromatic nitrogens is 1. The van der Waals surface area contributed by atoms with Crippen LogP contribution in [0.1, 0.15) is 4.88 Å². The Morgan fingerprint density at radius 3 is 2.68 bits per heavy atom. The first-order valence-electron chi connectivity index (χ1n) is 5.73. The lowest BCUT2D eigenvalue weighted by atomic mass is 10.1. The average molecular weight is 335 g/mol. The fourth-order valence-corrected chi connectivity index (χ4v) is 3.29. The standard InChI is InChI=1S/C14H11BrN2OS/c1-8-6-7-11(19-8)13-12(14(16)17-18-13)9-4-2-3-5-10(9)15/h2-7H,1H3,(H2,16,17). The molecule has 0 unspecified atom stereocenters. The molecule has 0 fully saturated rings. The van der Waals surface area contributed by atoms with Crippen molar-refractivity contribution in [1.29, 1.82) is 0 Å². The summed E-state index contributed by atoms with van der Waals surface area (Å²) in [6.07, 6.45) is 0. The van der Waals surface area contributed by atoms with Crippen molar-refractivity contribution in [3.63, 3.8) is 0 Å². The predicted molar refractivity (Wildman–Crippen MR) is 82.1 cm³/mol. The number of benzene rings is 1. The zero-order chi connectivity index (χ0) is 13.4. The van der Waals surface area contributed by atoms with E-state index in [4.69, 9.17) is 10.3 Å². The number of anilines is 1. The van der Waals surface area contributed by atoms with E-state index in [9.17, 15) is 0 Å². The topological polar surface area (TPSA) is 52.0 Å². The number of nitrogens with two attached hydrogens (primary N) is 1. The van der Waals surface area contributed by atoms with E-state index in [0.717, 1.165) is 26.2 Å². The summed E-state index contributed by atoms with van der Waals surface area (Å²) in [4.78, 5) is 2.26. The normalized spacial score (nSPS) is 10.8. The summed E-state index contributed by atoms with van der Waals surface area (Å²) < 4.78 is 6.39. The van der Waals surface area contributed by atoms with Gasteiger partial charge < -0.3 is 10.3 Å². The molecule has 3 nitrogen and oxygen atoms in total. The molecule has 2 N–H and O–H groups in total. The molecule has 0 spiro atoms. The van der Waals surface area contributed by atoms with Crippen LogP contribution in [0.5, 0.6) is 0 Å². The smallest absolute Gasteiger partial charge is 0.186 e. The molecule has 2 aromatic heterocycles. The van der Waals surface area contributed by atoms with E-state index in [-0.39, 0.29) is 0 Å². The Labute approximate surface area is 123 Å². The van der Waals surface area contributed by atoms with Crippen molar-refractivity contribution < 1.29 is 4.52 Å². The number of nitrogens with zero attached hydrogens (tertiary/aromatic N) is 1. The van der Waals surface area contributed by atoms with Gasteiger partial charge in [0.25, 0.3) is 0 Å². The van der Waals surface area contributed by atoms with Gasteiger partial charge in [-0.15, -0.1) is 11.3 Å². The molecule has 96 valence electrons. The third-order valence-corrected chi connectivity index (χ3v) is 4.52. The average Bonchev–Trinajstić information content (AvgIpc) is 2.96. The lowest BCUT2D eigenvalue weighted by Crippen LogP contribution is -1.89. The third-order valence-electron chi connectivity index (χ3n) is 2.83. The molecule has 1 aromatic carbocycles. The minimum Gasteiger partial charge on any atom is -0.380 e. The van der Waals surface area contributed by atoms with Gasteiger partial charge in [0.2, 0.25) is 0 Å². The number of hydrogen-bond donors (Lipinski definition) is 1.